The number of aryl methyl sites for hydroxylation is 1. The van der Waals surface area contributed by atoms with Gasteiger partial charge < -0.3 is 14.6 Å². The minimum atomic E-state index is 0.107. The van der Waals surface area contributed by atoms with E-state index in [0.29, 0.717) is 12.4 Å². The fraction of sp³-hybridized carbons (Fsp3) is 0.467. The second kappa shape index (κ2) is 6.93. The molecule has 2 heterocycles. The Morgan fingerprint density at radius 2 is 2.25 bits per heavy atom. The summed E-state index contributed by atoms with van der Waals surface area (Å²) >= 11 is 0. The molecule has 0 aliphatic heterocycles. The summed E-state index contributed by atoms with van der Waals surface area (Å²) in [5, 5.41) is 3.37. The van der Waals surface area contributed by atoms with Gasteiger partial charge in [-0.25, -0.2) is 9.97 Å². The van der Waals surface area contributed by atoms with E-state index in [1.54, 1.807) is 6.20 Å². The summed E-state index contributed by atoms with van der Waals surface area (Å²) in [4.78, 5) is 8.47. The zero-order valence-corrected chi connectivity index (χ0v) is 12.3. The summed E-state index contributed by atoms with van der Waals surface area (Å²) in [6.45, 7) is 7.84. The first-order valence-electron chi connectivity index (χ1n) is 7.05. The van der Waals surface area contributed by atoms with Crippen LogP contribution in [0.4, 0.5) is 5.69 Å². The van der Waals surface area contributed by atoms with E-state index in [-0.39, 0.29) is 6.10 Å². The van der Waals surface area contributed by atoms with E-state index < -0.39 is 0 Å². The zero-order chi connectivity index (χ0) is 14.4. The first-order chi connectivity index (χ1) is 9.70. The largest absolute Gasteiger partial charge is 0.473 e. The fourth-order valence-corrected chi connectivity index (χ4v) is 1.97. The highest BCUT2D eigenvalue weighted by molar-refractivity contribution is 5.52. The highest BCUT2D eigenvalue weighted by atomic mass is 16.5. The van der Waals surface area contributed by atoms with Crippen LogP contribution in [-0.4, -0.2) is 20.6 Å². The summed E-state index contributed by atoms with van der Waals surface area (Å²) in [6.07, 6.45) is 6.70. The molecule has 0 radical (unpaired) electrons. The van der Waals surface area contributed by atoms with Crippen molar-refractivity contribution in [2.24, 2.45) is 0 Å². The van der Waals surface area contributed by atoms with Crippen molar-refractivity contribution in [3.63, 3.8) is 0 Å². The lowest BCUT2D eigenvalue weighted by molar-refractivity contribution is 0.234. The molecule has 0 spiro atoms. The van der Waals surface area contributed by atoms with E-state index in [4.69, 9.17) is 4.74 Å². The number of hydrogen-bond donors (Lipinski definition) is 1. The molecule has 2 aromatic rings. The Bertz CT molecular complexity index is 536. The number of imidazole rings is 1. The summed E-state index contributed by atoms with van der Waals surface area (Å²) in [6, 6.07) is 3.88. The molecule has 5 nitrogen and oxygen atoms in total. The Labute approximate surface area is 120 Å². The molecule has 0 unspecified atom stereocenters. The molecule has 0 aliphatic rings. The minimum Gasteiger partial charge on any atom is -0.473 e. The Morgan fingerprint density at radius 1 is 1.40 bits per heavy atom. The molecule has 0 saturated heterocycles. The van der Waals surface area contributed by atoms with Crippen molar-refractivity contribution < 1.29 is 4.74 Å². The van der Waals surface area contributed by atoms with Gasteiger partial charge in [-0.3, -0.25) is 0 Å². The zero-order valence-electron chi connectivity index (χ0n) is 12.3. The van der Waals surface area contributed by atoms with E-state index in [1.807, 2.05) is 38.5 Å². The van der Waals surface area contributed by atoms with Crippen LogP contribution in [-0.2, 0) is 13.1 Å². The van der Waals surface area contributed by atoms with E-state index in [0.717, 1.165) is 24.3 Å². The summed E-state index contributed by atoms with van der Waals surface area (Å²) in [5.74, 6) is 0.643. The van der Waals surface area contributed by atoms with Crippen LogP contribution in [0.3, 0.4) is 0 Å². The van der Waals surface area contributed by atoms with Crippen LogP contribution in [0.5, 0.6) is 5.88 Å². The van der Waals surface area contributed by atoms with Gasteiger partial charge in [0.15, 0.2) is 0 Å². The third kappa shape index (κ3) is 3.73. The molecule has 0 amide bonds. The fourth-order valence-electron chi connectivity index (χ4n) is 1.97. The second-order valence-electron chi connectivity index (χ2n) is 4.95. The minimum absolute atomic E-state index is 0.107. The van der Waals surface area contributed by atoms with Crippen LogP contribution in [0.1, 0.15) is 32.9 Å². The maximum absolute atomic E-state index is 5.70. The monoisotopic (exact) mass is 274 g/mol. The molecule has 0 saturated carbocycles. The predicted molar refractivity (Wildman–Crippen MR) is 79.8 cm³/mol. The van der Waals surface area contributed by atoms with Gasteiger partial charge >= 0.3 is 0 Å². The number of rotatable bonds is 7. The molecule has 108 valence electrons. The smallest absolute Gasteiger partial charge is 0.237 e. The van der Waals surface area contributed by atoms with Gasteiger partial charge in [-0.1, -0.05) is 6.92 Å². The Morgan fingerprint density at radius 3 is 3.00 bits per heavy atom. The summed E-state index contributed by atoms with van der Waals surface area (Å²) in [7, 11) is 0. The van der Waals surface area contributed by atoms with Crippen LogP contribution in [0, 0.1) is 0 Å². The first-order valence-corrected chi connectivity index (χ1v) is 7.05. The van der Waals surface area contributed by atoms with Crippen molar-refractivity contribution in [3.8, 4) is 5.88 Å². The average molecular weight is 274 g/mol. The lowest BCUT2D eigenvalue weighted by Gasteiger charge is -2.14. The molecule has 0 aromatic carbocycles. The molecule has 2 aromatic heterocycles. The molecule has 0 atom stereocenters. The molecule has 0 fully saturated rings. The molecule has 0 aliphatic carbocycles. The Hall–Kier alpha value is -2.04. The summed E-state index contributed by atoms with van der Waals surface area (Å²) < 4.78 is 7.86. The Balaban J connectivity index is 2.05. The summed E-state index contributed by atoms with van der Waals surface area (Å²) in [5.41, 5.74) is 2.07. The van der Waals surface area contributed by atoms with E-state index >= 15 is 0 Å². The van der Waals surface area contributed by atoms with E-state index in [2.05, 4.69) is 26.8 Å². The average Bonchev–Trinajstić information content (AvgIpc) is 2.85. The van der Waals surface area contributed by atoms with Crippen molar-refractivity contribution in [2.75, 3.05) is 5.32 Å². The number of hydrogen-bond acceptors (Lipinski definition) is 4. The van der Waals surface area contributed by atoms with Gasteiger partial charge in [0.05, 0.1) is 30.4 Å². The number of nitrogens with one attached hydrogen (secondary N) is 1. The van der Waals surface area contributed by atoms with E-state index in [1.165, 1.54) is 0 Å². The molecule has 2 rings (SSSR count). The lowest BCUT2D eigenvalue weighted by atomic mass is 10.3. The van der Waals surface area contributed by atoms with Gasteiger partial charge in [0.1, 0.15) is 0 Å². The van der Waals surface area contributed by atoms with Crippen molar-refractivity contribution in [1.29, 1.82) is 0 Å². The number of anilines is 1. The Kier molecular flexibility index (Phi) is 4.98. The second-order valence-corrected chi connectivity index (χ2v) is 4.95. The highest BCUT2D eigenvalue weighted by Crippen LogP contribution is 2.22. The van der Waals surface area contributed by atoms with Gasteiger partial charge in [-0.05, 0) is 32.4 Å². The molecular formula is C15H22N4O. The van der Waals surface area contributed by atoms with Crippen LogP contribution < -0.4 is 10.1 Å². The van der Waals surface area contributed by atoms with E-state index in [9.17, 15) is 0 Å². The molecular weight excluding hydrogens is 252 g/mol. The number of ether oxygens (including phenoxy) is 1. The van der Waals surface area contributed by atoms with Gasteiger partial charge in [-0.2, -0.15) is 0 Å². The topological polar surface area (TPSA) is 52.0 Å². The molecule has 20 heavy (non-hydrogen) atoms. The highest BCUT2D eigenvalue weighted by Gasteiger charge is 2.07. The quantitative estimate of drug-likeness (QED) is 0.843. The number of nitrogens with zero attached hydrogens (tertiary/aromatic N) is 3. The standard InChI is InChI=1S/C15H22N4O/c1-4-8-19-11-16-9-13(19)10-18-14-6-5-7-17-15(14)20-12(2)3/h5-7,9,11-12,18H,4,8,10H2,1-3H3. The normalized spacial score (nSPS) is 10.8. The van der Waals surface area contributed by atoms with Crippen molar-refractivity contribution in [2.45, 2.75) is 46.4 Å². The number of pyridine rings is 1. The van der Waals surface area contributed by atoms with Crippen molar-refractivity contribution in [3.05, 3.63) is 36.5 Å². The van der Waals surface area contributed by atoms with Crippen LogP contribution in [0.25, 0.3) is 0 Å². The first kappa shape index (κ1) is 14.4. The third-order valence-electron chi connectivity index (χ3n) is 2.84. The number of aromatic nitrogens is 3. The van der Waals surface area contributed by atoms with Crippen molar-refractivity contribution >= 4 is 5.69 Å². The maximum Gasteiger partial charge on any atom is 0.237 e. The van der Waals surface area contributed by atoms with Gasteiger partial charge in [0, 0.05) is 18.9 Å². The SMILES string of the molecule is CCCn1cncc1CNc1cccnc1OC(C)C. The third-order valence-corrected chi connectivity index (χ3v) is 2.84. The predicted octanol–water partition coefficient (Wildman–Crippen LogP) is 3.09. The van der Waals surface area contributed by atoms with Gasteiger partial charge in [0.2, 0.25) is 5.88 Å². The molecule has 5 heteroatoms. The lowest BCUT2D eigenvalue weighted by Crippen LogP contribution is -2.11. The molecule has 1 N–H and O–H groups in total. The van der Waals surface area contributed by atoms with Crippen LogP contribution >= 0.6 is 0 Å². The van der Waals surface area contributed by atoms with Crippen molar-refractivity contribution in [1.82, 2.24) is 14.5 Å². The molecule has 0 bridgehead atoms. The van der Waals surface area contributed by atoms with Crippen LogP contribution in [0.15, 0.2) is 30.9 Å². The van der Waals surface area contributed by atoms with Gasteiger partial charge in [-0.15, -0.1) is 0 Å². The van der Waals surface area contributed by atoms with Crippen LogP contribution in [0.2, 0.25) is 0 Å². The van der Waals surface area contributed by atoms with Gasteiger partial charge in [0.25, 0.3) is 0 Å². The maximum atomic E-state index is 5.70.